The molecule has 0 radical (unpaired) electrons. The molecule has 2 unspecified atom stereocenters. The van der Waals surface area contributed by atoms with E-state index in [-0.39, 0.29) is 11.4 Å². The van der Waals surface area contributed by atoms with Crippen molar-refractivity contribution in [1.29, 1.82) is 0 Å². The van der Waals surface area contributed by atoms with Crippen molar-refractivity contribution in [2.24, 2.45) is 11.3 Å². The molecule has 0 N–H and O–H groups in total. The highest BCUT2D eigenvalue weighted by Gasteiger charge is 2.54. The second-order valence-corrected chi connectivity index (χ2v) is 7.06. The molecule has 5 nitrogen and oxygen atoms in total. The summed E-state index contributed by atoms with van der Waals surface area (Å²) in [5, 5.41) is 0. The number of carbonyl (C=O) groups is 1. The zero-order valence-electron chi connectivity index (χ0n) is 10.8. The van der Waals surface area contributed by atoms with Crippen molar-refractivity contribution in [2.45, 2.75) is 44.6 Å². The number of hydrogen-bond acceptors (Lipinski definition) is 5. The molecule has 0 aromatic rings. The van der Waals surface area contributed by atoms with Gasteiger partial charge in [0, 0.05) is 0 Å². The van der Waals surface area contributed by atoms with E-state index in [0.717, 1.165) is 38.4 Å². The standard InChI is InChI=1S/C12H20O5S/c1-16-11(13)9-5-8-12(6-3-4-7-12)10(9)17-18(2,14)15/h9-10H,3-8H2,1-2H3. The van der Waals surface area contributed by atoms with Crippen molar-refractivity contribution in [2.75, 3.05) is 13.4 Å². The van der Waals surface area contributed by atoms with E-state index in [1.807, 2.05) is 0 Å². The third kappa shape index (κ3) is 2.54. The van der Waals surface area contributed by atoms with Crippen LogP contribution in [0.15, 0.2) is 0 Å². The third-order valence-corrected chi connectivity index (χ3v) is 4.86. The summed E-state index contributed by atoms with van der Waals surface area (Å²) in [7, 11) is -2.22. The summed E-state index contributed by atoms with van der Waals surface area (Å²) in [5.41, 5.74) is -0.137. The van der Waals surface area contributed by atoms with E-state index in [2.05, 4.69) is 0 Å². The molecule has 2 saturated carbocycles. The first kappa shape index (κ1) is 13.8. The van der Waals surface area contributed by atoms with Crippen molar-refractivity contribution >= 4 is 16.1 Å². The highest BCUT2D eigenvalue weighted by molar-refractivity contribution is 7.86. The molecule has 0 aromatic heterocycles. The summed E-state index contributed by atoms with van der Waals surface area (Å²) in [5.74, 6) is -0.796. The number of carbonyl (C=O) groups excluding carboxylic acids is 1. The van der Waals surface area contributed by atoms with E-state index < -0.39 is 22.1 Å². The maximum atomic E-state index is 11.8. The third-order valence-electron chi connectivity index (χ3n) is 4.30. The Morgan fingerprint density at radius 3 is 2.33 bits per heavy atom. The maximum absolute atomic E-state index is 11.8. The largest absolute Gasteiger partial charge is 0.469 e. The minimum Gasteiger partial charge on any atom is -0.469 e. The first-order valence-corrected chi connectivity index (χ1v) is 8.16. The van der Waals surface area contributed by atoms with E-state index in [1.54, 1.807) is 0 Å². The zero-order chi connectivity index (χ0) is 13.4. The van der Waals surface area contributed by atoms with Gasteiger partial charge in [-0.15, -0.1) is 0 Å². The van der Waals surface area contributed by atoms with Gasteiger partial charge in [-0.3, -0.25) is 8.98 Å². The number of hydrogen-bond donors (Lipinski definition) is 0. The molecule has 0 aliphatic heterocycles. The van der Waals surface area contributed by atoms with Crippen LogP contribution in [0.4, 0.5) is 0 Å². The molecule has 2 aliphatic carbocycles. The van der Waals surface area contributed by atoms with Crippen LogP contribution in [0.2, 0.25) is 0 Å². The van der Waals surface area contributed by atoms with Crippen molar-refractivity contribution in [3.8, 4) is 0 Å². The molecule has 2 aliphatic rings. The lowest BCUT2D eigenvalue weighted by atomic mass is 9.81. The molecule has 0 heterocycles. The smallest absolute Gasteiger partial charge is 0.311 e. The van der Waals surface area contributed by atoms with Crippen LogP contribution >= 0.6 is 0 Å². The molecule has 2 fully saturated rings. The monoisotopic (exact) mass is 276 g/mol. The van der Waals surface area contributed by atoms with Gasteiger partial charge in [0.2, 0.25) is 0 Å². The highest BCUT2D eigenvalue weighted by Crippen LogP contribution is 2.54. The fourth-order valence-electron chi connectivity index (χ4n) is 3.53. The molecule has 2 rings (SSSR count). The van der Waals surface area contributed by atoms with Gasteiger partial charge in [-0.05, 0) is 31.1 Å². The van der Waals surface area contributed by atoms with Crippen LogP contribution in [0.3, 0.4) is 0 Å². The predicted octanol–water partition coefficient (Wildman–Crippen LogP) is 1.47. The Kier molecular flexibility index (Phi) is 3.69. The first-order valence-electron chi connectivity index (χ1n) is 6.34. The van der Waals surface area contributed by atoms with Crippen molar-refractivity contribution in [3.63, 3.8) is 0 Å². The average molecular weight is 276 g/mol. The summed E-state index contributed by atoms with van der Waals surface area (Å²) >= 11 is 0. The van der Waals surface area contributed by atoms with E-state index in [4.69, 9.17) is 8.92 Å². The Labute approximate surface area is 108 Å². The minimum atomic E-state index is -3.55. The molecule has 2 atom stereocenters. The van der Waals surface area contributed by atoms with E-state index in [0.29, 0.717) is 6.42 Å². The van der Waals surface area contributed by atoms with Gasteiger partial charge in [0.05, 0.1) is 25.4 Å². The van der Waals surface area contributed by atoms with Crippen molar-refractivity contribution < 1.29 is 22.1 Å². The molecule has 1 spiro atoms. The lowest BCUT2D eigenvalue weighted by molar-refractivity contribution is -0.149. The van der Waals surface area contributed by atoms with Crippen LogP contribution < -0.4 is 0 Å². The summed E-state index contributed by atoms with van der Waals surface area (Å²) in [6.07, 6.45) is 6.07. The summed E-state index contributed by atoms with van der Waals surface area (Å²) in [6, 6.07) is 0. The number of methoxy groups -OCH3 is 1. The van der Waals surface area contributed by atoms with Gasteiger partial charge in [-0.1, -0.05) is 12.8 Å². The SMILES string of the molecule is COC(=O)C1CCC2(CCCC2)C1OS(C)(=O)=O. The average Bonchev–Trinajstić information content (AvgIpc) is 2.87. The molecular weight excluding hydrogens is 256 g/mol. The molecular formula is C12H20O5S. The van der Waals surface area contributed by atoms with E-state index in [1.165, 1.54) is 7.11 Å². The second kappa shape index (κ2) is 4.81. The summed E-state index contributed by atoms with van der Waals surface area (Å²) in [6.45, 7) is 0. The molecule has 0 bridgehead atoms. The molecule has 0 aromatic carbocycles. The fraction of sp³-hybridized carbons (Fsp3) is 0.917. The van der Waals surface area contributed by atoms with Gasteiger partial charge >= 0.3 is 5.97 Å². The topological polar surface area (TPSA) is 69.7 Å². The van der Waals surface area contributed by atoms with Crippen LogP contribution in [0.5, 0.6) is 0 Å². The quantitative estimate of drug-likeness (QED) is 0.577. The second-order valence-electron chi connectivity index (χ2n) is 5.46. The first-order chi connectivity index (χ1) is 8.38. The maximum Gasteiger partial charge on any atom is 0.311 e. The van der Waals surface area contributed by atoms with E-state index >= 15 is 0 Å². The minimum absolute atomic E-state index is 0.137. The Balaban J connectivity index is 2.26. The van der Waals surface area contributed by atoms with Crippen LogP contribution in [0.1, 0.15) is 38.5 Å². The summed E-state index contributed by atoms with van der Waals surface area (Å²) in [4.78, 5) is 11.8. The lowest BCUT2D eigenvalue weighted by Crippen LogP contribution is -2.38. The number of esters is 1. The Bertz CT molecular complexity index is 422. The zero-order valence-corrected chi connectivity index (χ0v) is 11.7. The van der Waals surface area contributed by atoms with Crippen LogP contribution in [0.25, 0.3) is 0 Å². The lowest BCUT2D eigenvalue weighted by Gasteiger charge is -2.31. The van der Waals surface area contributed by atoms with Gasteiger partial charge in [-0.25, -0.2) is 0 Å². The van der Waals surface area contributed by atoms with Crippen LogP contribution in [-0.2, 0) is 23.8 Å². The summed E-state index contributed by atoms with van der Waals surface area (Å²) < 4.78 is 32.8. The van der Waals surface area contributed by atoms with Gasteiger partial charge in [0.25, 0.3) is 10.1 Å². The van der Waals surface area contributed by atoms with Gasteiger partial charge in [-0.2, -0.15) is 8.42 Å². The van der Waals surface area contributed by atoms with Crippen molar-refractivity contribution in [3.05, 3.63) is 0 Å². The molecule has 104 valence electrons. The fourth-order valence-corrected chi connectivity index (χ4v) is 4.24. The van der Waals surface area contributed by atoms with Crippen molar-refractivity contribution in [1.82, 2.24) is 0 Å². The molecule has 18 heavy (non-hydrogen) atoms. The molecule has 6 heteroatoms. The van der Waals surface area contributed by atoms with Gasteiger partial charge in [0.15, 0.2) is 0 Å². The Morgan fingerprint density at radius 2 is 1.83 bits per heavy atom. The Hall–Kier alpha value is -0.620. The normalized spacial score (nSPS) is 30.8. The molecule has 0 amide bonds. The van der Waals surface area contributed by atoms with Gasteiger partial charge < -0.3 is 4.74 Å². The number of ether oxygens (including phenoxy) is 1. The van der Waals surface area contributed by atoms with Gasteiger partial charge in [0.1, 0.15) is 0 Å². The van der Waals surface area contributed by atoms with Crippen LogP contribution in [-0.4, -0.2) is 33.9 Å². The Morgan fingerprint density at radius 1 is 1.22 bits per heavy atom. The molecule has 0 saturated heterocycles. The van der Waals surface area contributed by atoms with E-state index in [9.17, 15) is 13.2 Å². The predicted molar refractivity (Wildman–Crippen MR) is 65.4 cm³/mol. The highest BCUT2D eigenvalue weighted by atomic mass is 32.2. The van der Waals surface area contributed by atoms with Crippen LogP contribution in [0, 0.1) is 11.3 Å². The number of rotatable bonds is 3.